The normalized spacial score (nSPS) is 16.5. The zero-order valence-electron chi connectivity index (χ0n) is 13.7. The maximum Gasteiger partial charge on any atom is 0.0901 e. The fraction of sp³-hybridized carbons (Fsp3) is 0.500. The molecule has 1 aliphatic rings. The van der Waals surface area contributed by atoms with Gasteiger partial charge in [0.1, 0.15) is 0 Å². The van der Waals surface area contributed by atoms with Gasteiger partial charge in [0, 0.05) is 35.8 Å². The van der Waals surface area contributed by atoms with Crippen LogP contribution in [0.1, 0.15) is 24.8 Å². The van der Waals surface area contributed by atoms with Crippen molar-refractivity contribution in [2.24, 2.45) is 0 Å². The molecule has 22 heavy (non-hydrogen) atoms. The largest absolute Gasteiger partial charge is 0.371 e. The second-order valence-electron chi connectivity index (χ2n) is 6.09. The van der Waals surface area contributed by atoms with Gasteiger partial charge in [-0.25, -0.2) is 4.98 Å². The van der Waals surface area contributed by atoms with E-state index in [2.05, 4.69) is 65.3 Å². The first-order chi connectivity index (χ1) is 10.7. The van der Waals surface area contributed by atoms with Gasteiger partial charge < -0.3 is 9.80 Å². The third kappa shape index (κ3) is 3.33. The van der Waals surface area contributed by atoms with Crippen molar-refractivity contribution in [2.75, 3.05) is 31.6 Å². The highest BCUT2D eigenvalue weighted by molar-refractivity contribution is 7.09. The van der Waals surface area contributed by atoms with Gasteiger partial charge in [-0.2, -0.15) is 0 Å². The van der Waals surface area contributed by atoms with Crippen molar-refractivity contribution in [3.05, 3.63) is 34.7 Å². The second kappa shape index (κ2) is 6.80. The molecular formula is C18H25N3S. The molecule has 3 rings (SSSR count). The van der Waals surface area contributed by atoms with E-state index in [9.17, 15) is 0 Å². The number of aryl methyl sites for hydroxylation is 1. The molecular weight excluding hydrogens is 290 g/mol. The fourth-order valence-corrected chi connectivity index (χ4v) is 3.80. The predicted octanol–water partition coefficient (Wildman–Crippen LogP) is 4.04. The molecule has 1 aliphatic heterocycles. The second-order valence-corrected chi connectivity index (χ2v) is 7.16. The number of thiazole rings is 1. The summed E-state index contributed by atoms with van der Waals surface area (Å²) < 4.78 is 0. The summed E-state index contributed by atoms with van der Waals surface area (Å²) in [6.45, 7) is 7.74. The van der Waals surface area contributed by atoms with Crippen LogP contribution in [0.25, 0.3) is 11.3 Å². The molecule has 1 aromatic carbocycles. The van der Waals surface area contributed by atoms with Crippen molar-refractivity contribution in [1.29, 1.82) is 0 Å². The average Bonchev–Trinajstić information content (AvgIpc) is 3.01. The third-order valence-electron chi connectivity index (χ3n) is 4.71. The van der Waals surface area contributed by atoms with Crippen molar-refractivity contribution in [3.63, 3.8) is 0 Å². The summed E-state index contributed by atoms with van der Waals surface area (Å²) in [7, 11) is 2.24. The molecule has 4 heteroatoms. The number of benzene rings is 1. The quantitative estimate of drug-likeness (QED) is 0.849. The molecule has 0 aliphatic carbocycles. The van der Waals surface area contributed by atoms with Gasteiger partial charge in [-0.3, -0.25) is 0 Å². The summed E-state index contributed by atoms with van der Waals surface area (Å²) in [6, 6.07) is 9.58. The Morgan fingerprint density at radius 3 is 2.73 bits per heavy atom. The van der Waals surface area contributed by atoms with Gasteiger partial charge in [-0.1, -0.05) is 19.1 Å². The van der Waals surface area contributed by atoms with Gasteiger partial charge in [-0.05, 0) is 45.5 Å². The van der Waals surface area contributed by atoms with Crippen molar-refractivity contribution >= 4 is 17.0 Å². The first-order valence-corrected chi connectivity index (χ1v) is 9.03. The van der Waals surface area contributed by atoms with E-state index in [0.29, 0.717) is 0 Å². The molecule has 0 radical (unpaired) electrons. The Hall–Kier alpha value is -1.39. The number of hydrogen-bond donors (Lipinski definition) is 0. The van der Waals surface area contributed by atoms with E-state index in [4.69, 9.17) is 0 Å². The predicted molar refractivity (Wildman–Crippen MR) is 95.8 cm³/mol. The molecule has 2 aromatic rings. The van der Waals surface area contributed by atoms with Crippen molar-refractivity contribution < 1.29 is 0 Å². The molecule has 0 N–H and O–H groups in total. The molecule has 0 amide bonds. The molecule has 1 saturated heterocycles. The topological polar surface area (TPSA) is 19.4 Å². The average molecular weight is 315 g/mol. The summed E-state index contributed by atoms with van der Waals surface area (Å²) >= 11 is 1.72. The van der Waals surface area contributed by atoms with Gasteiger partial charge in [0.25, 0.3) is 0 Å². The molecule has 3 nitrogen and oxygen atoms in total. The third-order valence-corrected chi connectivity index (χ3v) is 5.49. The van der Waals surface area contributed by atoms with Crippen LogP contribution in [0.5, 0.6) is 0 Å². The Labute approximate surface area is 137 Å². The SMILES string of the molecule is CCN(C)C1CCN(c2cccc(-c3csc(C)n3)c2)CC1. The number of anilines is 1. The Balaban J connectivity index is 1.71. The molecule has 1 fully saturated rings. The molecule has 0 atom stereocenters. The molecule has 0 unspecified atom stereocenters. The Morgan fingerprint density at radius 1 is 1.32 bits per heavy atom. The minimum atomic E-state index is 0.741. The zero-order valence-corrected chi connectivity index (χ0v) is 14.6. The monoisotopic (exact) mass is 315 g/mol. The number of nitrogens with zero attached hydrogens (tertiary/aromatic N) is 3. The van der Waals surface area contributed by atoms with Crippen molar-refractivity contribution in [3.8, 4) is 11.3 Å². The maximum atomic E-state index is 4.61. The van der Waals surface area contributed by atoms with Crippen molar-refractivity contribution in [2.45, 2.75) is 32.7 Å². The summed E-state index contributed by atoms with van der Waals surface area (Å²) in [5, 5.41) is 3.28. The van der Waals surface area contributed by atoms with Crippen LogP contribution in [-0.2, 0) is 0 Å². The molecule has 2 heterocycles. The van der Waals surface area contributed by atoms with E-state index in [1.807, 2.05) is 0 Å². The van der Waals surface area contributed by atoms with Gasteiger partial charge in [-0.15, -0.1) is 11.3 Å². The standard InChI is InChI=1S/C18H25N3S/c1-4-20(3)16-8-10-21(11-9-16)17-7-5-6-15(12-17)18-13-22-14(2)19-18/h5-7,12-13,16H,4,8-11H2,1-3H3. The first kappa shape index (κ1) is 15.5. The molecule has 0 saturated carbocycles. The molecule has 0 bridgehead atoms. The van der Waals surface area contributed by atoms with E-state index in [1.54, 1.807) is 11.3 Å². The zero-order chi connectivity index (χ0) is 15.5. The lowest BCUT2D eigenvalue weighted by Crippen LogP contribution is -2.43. The minimum absolute atomic E-state index is 0.741. The highest BCUT2D eigenvalue weighted by atomic mass is 32.1. The molecule has 0 spiro atoms. The van der Waals surface area contributed by atoms with Crippen LogP contribution in [0.4, 0.5) is 5.69 Å². The lowest BCUT2D eigenvalue weighted by molar-refractivity contribution is 0.218. The van der Waals surface area contributed by atoms with Crippen LogP contribution in [-0.4, -0.2) is 42.6 Å². The summed E-state index contributed by atoms with van der Waals surface area (Å²) in [5.41, 5.74) is 3.67. The van der Waals surface area contributed by atoms with Crippen molar-refractivity contribution in [1.82, 2.24) is 9.88 Å². The van der Waals surface area contributed by atoms with E-state index in [-0.39, 0.29) is 0 Å². The Morgan fingerprint density at radius 2 is 2.09 bits per heavy atom. The van der Waals surface area contributed by atoms with Crippen LogP contribution in [0.3, 0.4) is 0 Å². The van der Waals surface area contributed by atoms with E-state index < -0.39 is 0 Å². The summed E-state index contributed by atoms with van der Waals surface area (Å²) in [5.74, 6) is 0. The highest BCUT2D eigenvalue weighted by Crippen LogP contribution is 2.28. The Kier molecular flexibility index (Phi) is 4.79. The van der Waals surface area contributed by atoms with Crippen LogP contribution >= 0.6 is 11.3 Å². The van der Waals surface area contributed by atoms with E-state index in [1.165, 1.54) is 24.1 Å². The number of hydrogen-bond acceptors (Lipinski definition) is 4. The van der Waals surface area contributed by atoms with Gasteiger partial charge in [0.15, 0.2) is 0 Å². The lowest BCUT2D eigenvalue weighted by atomic mass is 10.0. The van der Waals surface area contributed by atoms with E-state index in [0.717, 1.165) is 36.4 Å². The molecule has 118 valence electrons. The maximum absolute atomic E-state index is 4.61. The van der Waals surface area contributed by atoms with Gasteiger partial charge in [0.05, 0.1) is 10.7 Å². The smallest absolute Gasteiger partial charge is 0.0901 e. The van der Waals surface area contributed by atoms with Crippen LogP contribution in [0.2, 0.25) is 0 Å². The number of aromatic nitrogens is 1. The number of rotatable bonds is 4. The minimum Gasteiger partial charge on any atom is -0.371 e. The van der Waals surface area contributed by atoms with E-state index >= 15 is 0 Å². The number of piperidine rings is 1. The summed E-state index contributed by atoms with van der Waals surface area (Å²) in [4.78, 5) is 9.60. The first-order valence-electron chi connectivity index (χ1n) is 8.15. The van der Waals surface area contributed by atoms with Crippen LogP contribution in [0.15, 0.2) is 29.6 Å². The fourth-order valence-electron chi connectivity index (χ4n) is 3.18. The van der Waals surface area contributed by atoms with Gasteiger partial charge in [0.2, 0.25) is 0 Å². The highest BCUT2D eigenvalue weighted by Gasteiger charge is 2.21. The van der Waals surface area contributed by atoms with Crippen LogP contribution in [0, 0.1) is 6.92 Å². The Bertz CT molecular complexity index is 614. The lowest BCUT2D eigenvalue weighted by Gasteiger charge is -2.37. The molecule has 1 aromatic heterocycles. The summed E-state index contributed by atoms with van der Waals surface area (Å²) in [6.07, 6.45) is 2.51. The van der Waals surface area contributed by atoms with Gasteiger partial charge >= 0.3 is 0 Å². The van der Waals surface area contributed by atoms with Crippen LogP contribution < -0.4 is 4.90 Å².